The molecule has 0 saturated carbocycles. The first-order chi connectivity index (χ1) is 27.7. The average Bonchev–Trinajstić information content (AvgIpc) is 3.84. The maximum absolute atomic E-state index is 6.20. The molecule has 0 unspecified atom stereocenters. The second-order valence-electron chi connectivity index (χ2n) is 13.9. The Morgan fingerprint density at radius 2 is 0.786 bits per heavy atom. The van der Waals surface area contributed by atoms with E-state index in [9.17, 15) is 0 Å². The zero-order valence-electron chi connectivity index (χ0n) is 29.9. The molecule has 0 bridgehead atoms. The number of furan rings is 2. The van der Waals surface area contributed by atoms with Crippen molar-refractivity contribution in [3.05, 3.63) is 183 Å². The molecule has 0 aliphatic rings. The highest BCUT2D eigenvalue weighted by atomic mass is 16.3. The summed E-state index contributed by atoms with van der Waals surface area (Å²) in [5.74, 6) is 0.616. The molecule has 5 heterocycles. The van der Waals surface area contributed by atoms with Crippen LogP contribution < -0.4 is 0 Å². The summed E-state index contributed by atoms with van der Waals surface area (Å²) in [6.45, 7) is 0. The predicted molar refractivity (Wildman–Crippen MR) is 225 cm³/mol. The summed E-state index contributed by atoms with van der Waals surface area (Å²) in [6.07, 6.45) is 7.29. The summed E-state index contributed by atoms with van der Waals surface area (Å²) in [7, 11) is 0. The van der Waals surface area contributed by atoms with E-state index in [0.29, 0.717) is 5.82 Å². The molecule has 5 aromatic heterocycles. The van der Waals surface area contributed by atoms with E-state index in [1.54, 1.807) is 12.4 Å². The van der Waals surface area contributed by atoms with Gasteiger partial charge in [-0.3, -0.25) is 9.97 Å². The van der Waals surface area contributed by atoms with E-state index in [0.717, 1.165) is 105 Å². The Kier molecular flexibility index (Phi) is 7.38. The van der Waals surface area contributed by atoms with E-state index in [1.807, 2.05) is 60.9 Å². The molecule has 56 heavy (non-hydrogen) atoms. The number of nitrogens with zero attached hydrogens (tertiary/aromatic N) is 4. The normalized spacial score (nSPS) is 11.6. The molecule has 11 rings (SSSR count). The van der Waals surface area contributed by atoms with Crippen molar-refractivity contribution in [3.8, 4) is 67.3 Å². The minimum Gasteiger partial charge on any atom is -0.456 e. The summed E-state index contributed by atoms with van der Waals surface area (Å²) in [5, 5.41) is 4.32. The monoisotopic (exact) mass is 718 g/mol. The number of hydrogen-bond donors (Lipinski definition) is 0. The lowest BCUT2D eigenvalue weighted by molar-refractivity contribution is 0.668. The van der Waals surface area contributed by atoms with Crippen LogP contribution in [0.4, 0.5) is 0 Å². The molecule has 0 saturated heterocycles. The van der Waals surface area contributed by atoms with Crippen LogP contribution in [0.25, 0.3) is 111 Å². The SMILES string of the molecule is c1cncc(-c2ccc(-c3cc(-c4cccnc4)nc(-c4cc(-c5ccc6oc7ccccc7c6c5)cc(-c5ccc6oc7ccccc7c6c5)c4)n3)cc2)c1. The van der Waals surface area contributed by atoms with E-state index in [-0.39, 0.29) is 0 Å². The molecular formula is C50H30N4O2. The van der Waals surface area contributed by atoms with Crippen LogP contribution in [0.2, 0.25) is 0 Å². The molecule has 0 radical (unpaired) electrons. The Bertz CT molecular complexity index is 3110. The van der Waals surface area contributed by atoms with Gasteiger partial charge >= 0.3 is 0 Å². The first kappa shape index (κ1) is 31.8. The van der Waals surface area contributed by atoms with Crippen molar-refractivity contribution in [2.45, 2.75) is 0 Å². The van der Waals surface area contributed by atoms with Gasteiger partial charge in [0.15, 0.2) is 5.82 Å². The highest BCUT2D eigenvalue weighted by molar-refractivity contribution is 6.07. The van der Waals surface area contributed by atoms with E-state index in [4.69, 9.17) is 18.8 Å². The van der Waals surface area contributed by atoms with E-state index in [2.05, 4.69) is 119 Å². The predicted octanol–water partition coefficient (Wildman–Crippen LogP) is 13.1. The van der Waals surface area contributed by atoms with Gasteiger partial charge in [-0.25, -0.2) is 9.97 Å². The lowest BCUT2D eigenvalue weighted by Gasteiger charge is -2.13. The van der Waals surface area contributed by atoms with Crippen LogP contribution >= 0.6 is 0 Å². The number of aromatic nitrogens is 4. The van der Waals surface area contributed by atoms with Crippen LogP contribution in [0.1, 0.15) is 0 Å². The molecule has 6 nitrogen and oxygen atoms in total. The molecule has 0 N–H and O–H groups in total. The van der Waals surface area contributed by atoms with Crippen molar-refractivity contribution in [1.29, 1.82) is 0 Å². The number of rotatable bonds is 6. The van der Waals surface area contributed by atoms with Crippen LogP contribution in [-0.2, 0) is 0 Å². The molecular weight excluding hydrogens is 689 g/mol. The molecule has 11 aromatic rings. The third-order valence-corrected chi connectivity index (χ3v) is 10.5. The fraction of sp³-hybridized carbons (Fsp3) is 0. The van der Waals surface area contributed by atoms with Crippen molar-refractivity contribution >= 4 is 43.9 Å². The summed E-state index contributed by atoms with van der Waals surface area (Å²) in [6, 6.07) is 54.3. The number of para-hydroxylation sites is 2. The Morgan fingerprint density at radius 1 is 0.304 bits per heavy atom. The zero-order valence-corrected chi connectivity index (χ0v) is 29.9. The van der Waals surface area contributed by atoms with Crippen LogP contribution in [-0.4, -0.2) is 19.9 Å². The summed E-state index contributed by atoms with van der Waals surface area (Å²) in [4.78, 5) is 19.2. The Hall–Kier alpha value is -7.70. The second kappa shape index (κ2) is 13.0. The summed E-state index contributed by atoms with van der Waals surface area (Å²) >= 11 is 0. The van der Waals surface area contributed by atoms with Crippen molar-refractivity contribution in [1.82, 2.24) is 19.9 Å². The third kappa shape index (κ3) is 5.60. The highest BCUT2D eigenvalue weighted by Gasteiger charge is 2.17. The van der Waals surface area contributed by atoms with Gasteiger partial charge in [-0.15, -0.1) is 0 Å². The van der Waals surface area contributed by atoms with Gasteiger partial charge in [-0.2, -0.15) is 0 Å². The fourth-order valence-corrected chi connectivity index (χ4v) is 7.65. The number of fused-ring (bicyclic) bond motifs is 6. The Morgan fingerprint density at radius 3 is 1.36 bits per heavy atom. The zero-order chi connectivity index (χ0) is 37.0. The maximum atomic E-state index is 6.20. The first-order valence-corrected chi connectivity index (χ1v) is 18.5. The molecule has 6 aromatic carbocycles. The quantitative estimate of drug-likeness (QED) is 0.170. The van der Waals surface area contributed by atoms with Crippen LogP contribution in [0.3, 0.4) is 0 Å². The van der Waals surface area contributed by atoms with E-state index in [1.165, 1.54) is 0 Å². The number of hydrogen-bond acceptors (Lipinski definition) is 6. The molecule has 6 heteroatoms. The molecule has 0 spiro atoms. The van der Waals surface area contributed by atoms with Crippen LogP contribution in [0.5, 0.6) is 0 Å². The molecule has 262 valence electrons. The summed E-state index contributed by atoms with van der Waals surface area (Å²) in [5.41, 5.74) is 14.2. The maximum Gasteiger partial charge on any atom is 0.160 e. The highest BCUT2D eigenvalue weighted by Crippen LogP contribution is 2.39. The molecule has 0 atom stereocenters. The van der Waals surface area contributed by atoms with Crippen LogP contribution in [0, 0.1) is 0 Å². The van der Waals surface area contributed by atoms with Gasteiger partial charge in [0.25, 0.3) is 0 Å². The smallest absolute Gasteiger partial charge is 0.160 e. The molecule has 0 aliphatic heterocycles. The lowest BCUT2D eigenvalue weighted by atomic mass is 9.94. The average molecular weight is 719 g/mol. The van der Waals surface area contributed by atoms with Gasteiger partial charge in [0, 0.05) is 63.0 Å². The second-order valence-corrected chi connectivity index (χ2v) is 13.9. The standard InChI is InChI=1S/C50H30N4O2/c1-3-11-46-40(9-1)42-26-33(17-19-48(42)55-46)37-23-38(34-18-20-49-43(27-34)41-10-2-4-12-47(41)56-49)25-39(24-37)50-53-44(28-45(54-50)36-8-6-22-52-30-36)32-15-13-31(14-16-32)35-7-5-21-51-29-35/h1-30H. The minimum atomic E-state index is 0.616. The third-order valence-electron chi connectivity index (χ3n) is 10.5. The summed E-state index contributed by atoms with van der Waals surface area (Å²) < 4.78 is 12.4. The Labute approximate surface area is 321 Å². The van der Waals surface area contributed by atoms with Gasteiger partial charge in [-0.1, -0.05) is 78.9 Å². The van der Waals surface area contributed by atoms with Crippen molar-refractivity contribution < 1.29 is 8.83 Å². The number of benzene rings is 6. The van der Waals surface area contributed by atoms with Crippen molar-refractivity contribution in [3.63, 3.8) is 0 Å². The van der Waals surface area contributed by atoms with Gasteiger partial charge in [0.1, 0.15) is 22.3 Å². The van der Waals surface area contributed by atoms with Gasteiger partial charge in [-0.05, 0) is 112 Å². The number of pyridine rings is 2. The molecule has 0 aliphatic carbocycles. The van der Waals surface area contributed by atoms with Gasteiger partial charge < -0.3 is 8.83 Å². The van der Waals surface area contributed by atoms with Crippen LogP contribution in [0.15, 0.2) is 191 Å². The first-order valence-electron chi connectivity index (χ1n) is 18.5. The lowest BCUT2D eigenvalue weighted by Crippen LogP contribution is -1.97. The Balaban J connectivity index is 1.11. The topological polar surface area (TPSA) is 77.8 Å². The van der Waals surface area contributed by atoms with Crippen molar-refractivity contribution in [2.75, 3.05) is 0 Å². The largest absolute Gasteiger partial charge is 0.456 e. The van der Waals surface area contributed by atoms with Gasteiger partial charge in [0.2, 0.25) is 0 Å². The van der Waals surface area contributed by atoms with E-state index < -0.39 is 0 Å². The van der Waals surface area contributed by atoms with Crippen molar-refractivity contribution in [2.24, 2.45) is 0 Å². The van der Waals surface area contributed by atoms with Gasteiger partial charge in [0.05, 0.1) is 11.4 Å². The minimum absolute atomic E-state index is 0.616. The fourth-order valence-electron chi connectivity index (χ4n) is 7.65. The molecule has 0 fully saturated rings. The van der Waals surface area contributed by atoms with E-state index >= 15 is 0 Å². The molecule has 0 amide bonds.